The van der Waals surface area contributed by atoms with Crippen LogP contribution in [0.5, 0.6) is 5.75 Å². The van der Waals surface area contributed by atoms with Gasteiger partial charge in [-0.05, 0) is 39.0 Å². The minimum atomic E-state index is -3.87. The summed E-state index contributed by atoms with van der Waals surface area (Å²) >= 11 is 0. The first kappa shape index (κ1) is 18.9. The molecule has 1 aromatic carbocycles. The summed E-state index contributed by atoms with van der Waals surface area (Å²) < 4.78 is 32.0. The van der Waals surface area contributed by atoms with Crippen molar-refractivity contribution >= 4 is 21.9 Å². The van der Waals surface area contributed by atoms with Crippen molar-refractivity contribution in [2.45, 2.75) is 37.8 Å². The number of sulfonamides is 1. The molecule has 0 heterocycles. The van der Waals surface area contributed by atoms with Crippen molar-refractivity contribution in [1.29, 1.82) is 0 Å². The normalized spacial score (nSPS) is 12.7. The summed E-state index contributed by atoms with van der Waals surface area (Å²) in [6.45, 7) is 4.63. The predicted molar refractivity (Wildman–Crippen MR) is 83.0 cm³/mol. The zero-order chi connectivity index (χ0) is 17.8. The molecule has 0 spiro atoms. The summed E-state index contributed by atoms with van der Waals surface area (Å²) in [6, 6.07) is 2.41. The molecule has 0 aliphatic carbocycles. The van der Waals surface area contributed by atoms with Crippen LogP contribution >= 0.6 is 0 Å². The maximum absolute atomic E-state index is 12.3. The number of nitrogens with one attached hydrogen (secondary N) is 2. The fourth-order valence-electron chi connectivity index (χ4n) is 1.74. The molecule has 8 nitrogen and oxygen atoms in total. The number of ether oxygens (including phenoxy) is 1. The van der Waals surface area contributed by atoms with E-state index in [9.17, 15) is 18.0 Å². The minimum absolute atomic E-state index is 0.0167. The van der Waals surface area contributed by atoms with Crippen LogP contribution in [0, 0.1) is 0 Å². The molecule has 1 atom stereocenters. The molecule has 23 heavy (non-hydrogen) atoms. The number of aliphatic carboxylic acids is 1. The van der Waals surface area contributed by atoms with E-state index < -0.39 is 27.9 Å². The van der Waals surface area contributed by atoms with Crippen LogP contribution in [0.2, 0.25) is 0 Å². The Hall–Kier alpha value is -2.13. The predicted octanol–water partition coefficient (Wildman–Crippen LogP) is 0.585. The molecule has 0 unspecified atom stereocenters. The van der Waals surface area contributed by atoms with Crippen LogP contribution in [0.15, 0.2) is 23.1 Å². The van der Waals surface area contributed by atoms with E-state index in [0.717, 1.165) is 6.07 Å². The van der Waals surface area contributed by atoms with Gasteiger partial charge >= 0.3 is 5.97 Å². The highest BCUT2D eigenvalue weighted by Crippen LogP contribution is 2.25. The summed E-state index contributed by atoms with van der Waals surface area (Å²) in [5.41, 5.74) is 0.0167. The fraction of sp³-hybridized carbons (Fsp3) is 0.429. The Morgan fingerprint density at radius 1 is 1.22 bits per heavy atom. The average Bonchev–Trinajstić information content (AvgIpc) is 2.44. The second-order valence-corrected chi connectivity index (χ2v) is 6.86. The zero-order valence-corrected chi connectivity index (χ0v) is 14.1. The van der Waals surface area contributed by atoms with Crippen LogP contribution in [-0.4, -0.2) is 44.6 Å². The van der Waals surface area contributed by atoms with Crippen LogP contribution in [-0.2, 0) is 14.8 Å². The largest absolute Gasteiger partial charge is 0.495 e. The van der Waals surface area contributed by atoms with Gasteiger partial charge in [0.25, 0.3) is 5.91 Å². The van der Waals surface area contributed by atoms with E-state index in [1.807, 2.05) is 0 Å². The summed E-state index contributed by atoms with van der Waals surface area (Å²) in [6.07, 6.45) is 0. The number of amides is 1. The van der Waals surface area contributed by atoms with E-state index in [2.05, 4.69) is 10.0 Å². The molecule has 0 saturated heterocycles. The maximum Gasteiger partial charge on any atom is 0.325 e. The highest BCUT2D eigenvalue weighted by Gasteiger charge is 2.23. The molecule has 9 heteroatoms. The molecule has 0 aliphatic rings. The highest BCUT2D eigenvalue weighted by atomic mass is 32.2. The van der Waals surface area contributed by atoms with E-state index >= 15 is 0 Å². The number of carboxylic acid groups (broad SMARTS) is 1. The number of carbonyl (C=O) groups excluding carboxylic acids is 1. The first-order chi connectivity index (χ1) is 10.6. The van der Waals surface area contributed by atoms with Gasteiger partial charge in [-0.15, -0.1) is 0 Å². The number of rotatable bonds is 7. The van der Waals surface area contributed by atoms with E-state index in [0.29, 0.717) is 0 Å². The second kappa shape index (κ2) is 7.42. The number of methoxy groups -OCH3 is 1. The molecule has 0 aromatic heterocycles. The molecule has 128 valence electrons. The second-order valence-electron chi connectivity index (χ2n) is 5.18. The third-order valence-corrected chi connectivity index (χ3v) is 4.50. The monoisotopic (exact) mass is 344 g/mol. The molecule has 0 aliphatic heterocycles. The Morgan fingerprint density at radius 3 is 2.30 bits per heavy atom. The van der Waals surface area contributed by atoms with Gasteiger partial charge in [-0.1, -0.05) is 0 Å². The third kappa shape index (κ3) is 4.93. The van der Waals surface area contributed by atoms with Gasteiger partial charge in [0.1, 0.15) is 16.7 Å². The first-order valence-corrected chi connectivity index (χ1v) is 8.31. The van der Waals surface area contributed by atoms with Gasteiger partial charge in [-0.3, -0.25) is 9.59 Å². The molecule has 1 amide bonds. The van der Waals surface area contributed by atoms with Gasteiger partial charge in [-0.25, -0.2) is 13.1 Å². The van der Waals surface area contributed by atoms with Gasteiger partial charge in [0, 0.05) is 11.6 Å². The molecule has 1 aromatic rings. The van der Waals surface area contributed by atoms with E-state index in [-0.39, 0.29) is 22.3 Å². The average molecular weight is 344 g/mol. The molecular formula is C14H20N2O6S. The van der Waals surface area contributed by atoms with Gasteiger partial charge in [0.05, 0.1) is 7.11 Å². The topological polar surface area (TPSA) is 122 Å². The first-order valence-electron chi connectivity index (χ1n) is 6.82. The standard InChI is InChI=1S/C14H20N2O6S/c1-8(2)16-23(20,21)12-7-10(5-6-11(12)22-4)13(17)15-9(3)14(18)19/h5-9,16H,1-4H3,(H,15,17)(H,18,19)/t9-/m0/s1. The van der Waals surface area contributed by atoms with Gasteiger partial charge in [0.2, 0.25) is 10.0 Å². The molecular weight excluding hydrogens is 324 g/mol. The minimum Gasteiger partial charge on any atom is -0.495 e. The summed E-state index contributed by atoms with van der Waals surface area (Å²) in [5, 5.41) is 11.1. The lowest BCUT2D eigenvalue weighted by molar-refractivity contribution is -0.138. The molecule has 0 fully saturated rings. The van der Waals surface area contributed by atoms with Crippen LogP contribution in [0.25, 0.3) is 0 Å². The molecule has 1 rings (SSSR count). The SMILES string of the molecule is COc1ccc(C(=O)N[C@@H](C)C(=O)O)cc1S(=O)(=O)NC(C)C. The van der Waals surface area contributed by atoms with Gasteiger partial charge in [-0.2, -0.15) is 0 Å². The molecule has 0 bridgehead atoms. The lowest BCUT2D eigenvalue weighted by atomic mass is 10.2. The van der Waals surface area contributed by atoms with E-state index in [1.165, 1.54) is 26.2 Å². The Balaban J connectivity index is 3.22. The van der Waals surface area contributed by atoms with Crippen molar-refractivity contribution in [2.75, 3.05) is 7.11 Å². The lowest BCUT2D eigenvalue weighted by Crippen LogP contribution is -2.38. The summed E-state index contributed by atoms with van der Waals surface area (Å²) in [5.74, 6) is -1.80. The quantitative estimate of drug-likeness (QED) is 0.665. The molecule has 0 saturated carbocycles. The smallest absolute Gasteiger partial charge is 0.325 e. The van der Waals surface area contributed by atoms with Crippen molar-refractivity contribution in [3.05, 3.63) is 23.8 Å². The zero-order valence-electron chi connectivity index (χ0n) is 13.3. The Bertz CT molecular complexity index is 699. The van der Waals surface area contributed by atoms with Gasteiger partial charge in [0.15, 0.2) is 0 Å². The molecule has 0 radical (unpaired) electrons. The van der Waals surface area contributed by atoms with Crippen LogP contribution in [0.1, 0.15) is 31.1 Å². The lowest BCUT2D eigenvalue weighted by Gasteiger charge is -2.15. The van der Waals surface area contributed by atoms with E-state index in [1.54, 1.807) is 13.8 Å². The highest BCUT2D eigenvalue weighted by molar-refractivity contribution is 7.89. The molecule has 3 N–H and O–H groups in total. The summed E-state index contributed by atoms with van der Waals surface area (Å²) in [7, 11) is -2.56. The van der Waals surface area contributed by atoms with Gasteiger partial charge < -0.3 is 15.2 Å². The Labute approximate surface area is 134 Å². The van der Waals surface area contributed by atoms with E-state index in [4.69, 9.17) is 9.84 Å². The van der Waals surface area contributed by atoms with Crippen molar-refractivity contribution in [2.24, 2.45) is 0 Å². The number of benzene rings is 1. The van der Waals surface area contributed by atoms with Crippen molar-refractivity contribution < 1.29 is 27.9 Å². The van der Waals surface area contributed by atoms with Crippen molar-refractivity contribution in [1.82, 2.24) is 10.0 Å². The van der Waals surface area contributed by atoms with Crippen LogP contribution in [0.4, 0.5) is 0 Å². The number of hydrogen-bond acceptors (Lipinski definition) is 5. The number of carboxylic acids is 1. The maximum atomic E-state index is 12.3. The summed E-state index contributed by atoms with van der Waals surface area (Å²) in [4.78, 5) is 22.6. The Kier molecular flexibility index (Phi) is 6.11. The van der Waals surface area contributed by atoms with Crippen LogP contribution < -0.4 is 14.8 Å². The van der Waals surface area contributed by atoms with Crippen molar-refractivity contribution in [3.8, 4) is 5.75 Å². The number of carbonyl (C=O) groups is 2. The Morgan fingerprint density at radius 2 is 1.83 bits per heavy atom. The fourth-order valence-corrected chi connectivity index (χ4v) is 3.19. The van der Waals surface area contributed by atoms with Crippen LogP contribution in [0.3, 0.4) is 0 Å². The van der Waals surface area contributed by atoms with Crippen molar-refractivity contribution in [3.63, 3.8) is 0 Å². The number of hydrogen-bond donors (Lipinski definition) is 3. The third-order valence-electron chi connectivity index (χ3n) is 2.82.